The van der Waals surface area contributed by atoms with Gasteiger partial charge in [-0.1, -0.05) is 19.9 Å². The Hall–Kier alpha value is -2.58. The first kappa shape index (κ1) is 22.7. The molecule has 29 heavy (non-hydrogen) atoms. The molecule has 2 aromatic rings. The number of rotatable bonds is 8. The Morgan fingerprint density at radius 3 is 2.14 bits per heavy atom. The summed E-state index contributed by atoms with van der Waals surface area (Å²) in [5.74, 6) is -0.297. The van der Waals surface area contributed by atoms with Crippen LogP contribution in [0.2, 0.25) is 0 Å². The molecule has 0 saturated heterocycles. The number of hydrogen-bond donors (Lipinski definition) is 1. The van der Waals surface area contributed by atoms with Crippen LogP contribution < -0.4 is 15.1 Å². The predicted octanol–water partition coefficient (Wildman–Crippen LogP) is 3.10. The quantitative estimate of drug-likeness (QED) is 0.713. The second-order valence-corrected chi connectivity index (χ2v) is 9.00. The van der Waals surface area contributed by atoms with Crippen LogP contribution in [0.1, 0.15) is 24.2 Å². The largest absolute Gasteiger partial charge is 0.378 e. The van der Waals surface area contributed by atoms with Gasteiger partial charge in [0.05, 0.1) is 16.3 Å². The highest BCUT2D eigenvalue weighted by atomic mass is 32.2. The molecule has 0 aliphatic carbocycles. The third-order valence-corrected chi connectivity index (χ3v) is 6.71. The van der Waals surface area contributed by atoms with Crippen LogP contribution in [0.5, 0.6) is 0 Å². The van der Waals surface area contributed by atoms with E-state index in [4.69, 9.17) is 0 Å². The summed E-state index contributed by atoms with van der Waals surface area (Å²) in [7, 11) is 3.87. The minimum Gasteiger partial charge on any atom is -0.378 e. The monoisotopic (exact) mass is 418 g/mol. The van der Waals surface area contributed by atoms with E-state index in [1.54, 1.807) is 38.1 Å². The van der Waals surface area contributed by atoms with Crippen molar-refractivity contribution >= 4 is 33.0 Å². The molecular formula is C21H30N4O3S. The van der Waals surface area contributed by atoms with Crippen molar-refractivity contribution in [2.24, 2.45) is 0 Å². The average molecular weight is 419 g/mol. The molecule has 158 valence electrons. The van der Waals surface area contributed by atoms with Crippen molar-refractivity contribution in [3.8, 4) is 0 Å². The molecule has 0 aliphatic heterocycles. The summed E-state index contributed by atoms with van der Waals surface area (Å²) in [6.07, 6.45) is 0. The van der Waals surface area contributed by atoms with Crippen LogP contribution in [-0.2, 0) is 10.0 Å². The normalized spacial score (nSPS) is 11.4. The number of hydrogen-bond acceptors (Lipinski definition) is 5. The Labute approximate surface area is 174 Å². The summed E-state index contributed by atoms with van der Waals surface area (Å²) < 4.78 is 27.2. The van der Waals surface area contributed by atoms with Crippen LogP contribution in [0.3, 0.4) is 0 Å². The van der Waals surface area contributed by atoms with E-state index in [9.17, 15) is 13.2 Å². The van der Waals surface area contributed by atoms with Gasteiger partial charge in [-0.15, -0.1) is 0 Å². The Morgan fingerprint density at radius 2 is 1.59 bits per heavy atom. The second kappa shape index (κ2) is 9.28. The molecule has 0 spiro atoms. The number of carbonyl (C=O) groups is 1. The Morgan fingerprint density at radius 1 is 0.931 bits per heavy atom. The summed E-state index contributed by atoms with van der Waals surface area (Å²) >= 11 is 0. The number of amides is 1. The van der Waals surface area contributed by atoms with Gasteiger partial charge < -0.3 is 15.1 Å². The highest BCUT2D eigenvalue weighted by Crippen LogP contribution is 2.29. The number of carbonyl (C=O) groups excluding carboxylic acids is 1. The molecule has 0 bridgehead atoms. The van der Waals surface area contributed by atoms with E-state index in [0.717, 1.165) is 11.4 Å². The Balaban J connectivity index is 2.45. The first-order valence-electron chi connectivity index (χ1n) is 9.52. The predicted molar refractivity (Wildman–Crippen MR) is 120 cm³/mol. The van der Waals surface area contributed by atoms with Gasteiger partial charge in [0.1, 0.15) is 0 Å². The van der Waals surface area contributed by atoms with Crippen LogP contribution in [0.15, 0.2) is 47.4 Å². The lowest BCUT2D eigenvalue weighted by atomic mass is 10.1. The number of nitrogens with zero attached hydrogens (tertiary/aromatic N) is 3. The van der Waals surface area contributed by atoms with Crippen molar-refractivity contribution in [1.82, 2.24) is 4.31 Å². The summed E-state index contributed by atoms with van der Waals surface area (Å²) in [5.41, 5.74) is 2.57. The fourth-order valence-electron chi connectivity index (χ4n) is 3.00. The van der Waals surface area contributed by atoms with E-state index in [1.165, 1.54) is 10.4 Å². The van der Waals surface area contributed by atoms with Gasteiger partial charge >= 0.3 is 0 Å². The molecule has 0 radical (unpaired) electrons. The van der Waals surface area contributed by atoms with Gasteiger partial charge in [-0.25, -0.2) is 8.42 Å². The molecule has 1 amide bonds. The van der Waals surface area contributed by atoms with Crippen molar-refractivity contribution in [2.75, 3.05) is 56.4 Å². The smallest absolute Gasteiger partial charge is 0.255 e. The topological polar surface area (TPSA) is 73.0 Å². The molecule has 0 atom stereocenters. The van der Waals surface area contributed by atoms with Crippen LogP contribution in [0.25, 0.3) is 0 Å². The lowest BCUT2D eigenvalue weighted by Crippen LogP contribution is -2.30. The molecular weight excluding hydrogens is 388 g/mol. The van der Waals surface area contributed by atoms with Crippen molar-refractivity contribution in [3.05, 3.63) is 48.0 Å². The van der Waals surface area contributed by atoms with E-state index in [2.05, 4.69) is 5.32 Å². The van der Waals surface area contributed by atoms with Crippen LogP contribution in [0, 0.1) is 0 Å². The lowest BCUT2D eigenvalue weighted by Gasteiger charge is -2.22. The molecule has 2 rings (SSSR count). The minimum absolute atomic E-state index is 0.157. The first-order valence-corrected chi connectivity index (χ1v) is 11.0. The van der Waals surface area contributed by atoms with E-state index < -0.39 is 10.0 Å². The highest BCUT2D eigenvalue weighted by Gasteiger charge is 2.23. The Bertz CT molecular complexity index is 968. The van der Waals surface area contributed by atoms with Gasteiger partial charge in [0, 0.05) is 52.5 Å². The zero-order valence-electron chi connectivity index (χ0n) is 17.9. The minimum atomic E-state index is -3.63. The molecule has 0 saturated carbocycles. The van der Waals surface area contributed by atoms with Gasteiger partial charge in [0.15, 0.2) is 0 Å². The summed E-state index contributed by atoms with van der Waals surface area (Å²) in [5, 5.41) is 2.88. The zero-order valence-corrected chi connectivity index (χ0v) is 18.7. The van der Waals surface area contributed by atoms with E-state index >= 15 is 0 Å². The number of sulfonamides is 1. The highest BCUT2D eigenvalue weighted by molar-refractivity contribution is 7.89. The summed E-state index contributed by atoms with van der Waals surface area (Å²) in [6.45, 7) is 4.37. The fourth-order valence-corrected chi connectivity index (χ4v) is 4.48. The first-order chi connectivity index (χ1) is 13.6. The van der Waals surface area contributed by atoms with Gasteiger partial charge in [0.2, 0.25) is 10.0 Å². The molecule has 0 fully saturated rings. The average Bonchev–Trinajstić information content (AvgIpc) is 2.68. The molecule has 0 aliphatic rings. The van der Waals surface area contributed by atoms with Crippen LogP contribution in [0.4, 0.5) is 17.1 Å². The maximum Gasteiger partial charge on any atom is 0.255 e. The molecule has 2 aromatic carbocycles. The molecule has 1 N–H and O–H groups in total. The van der Waals surface area contributed by atoms with Gasteiger partial charge in [0.25, 0.3) is 5.91 Å². The van der Waals surface area contributed by atoms with E-state index in [0.29, 0.717) is 24.3 Å². The second-order valence-electron chi connectivity index (χ2n) is 7.06. The van der Waals surface area contributed by atoms with Gasteiger partial charge in [-0.05, 0) is 36.4 Å². The molecule has 0 heterocycles. The summed E-state index contributed by atoms with van der Waals surface area (Å²) in [6, 6.07) is 12.1. The summed E-state index contributed by atoms with van der Waals surface area (Å²) in [4.78, 5) is 16.8. The molecule has 8 heteroatoms. The van der Waals surface area contributed by atoms with Crippen molar-refractivity contribution in [2.45, 2.75) is 18.7 Å². The van der Waals surface area contributed by atoms with Crippen molar-refractivity contribution in [3.63, 3.8) is 0 Å². The van der Waals surface area contributed by atoms with Crippen molar-refractivity contribution < 1.29 is 13.2 Å². The lowest BCUT2D eigenvalue weighted by molar-refractivity contribution is 0.102. The van der Waals surface area contributed by atoms with E-state index in [1.807, 2.05) is 50.1 Å². The van der Waals surface area contributed by atoms with Gasteiger partial charge in [-0.3, -0.25) is 4.79 Å². The Kier molecular flexibility index (Phi) is 7.26. The van der Waals surface area contributed by atoms with Crippen molar-refractivity contribution in [1.29, 1.82) is 0 Å². The number of anilines is 3. The third kappa shape index (κ3) is 5.07. The molecule has 0 aromatic heterocycles. The maximum atomic E-state index is 12.9. The van der Waals surface area contributed by atoms with E-state index in [-0.39, 0.29) is 10.8 Å². The van der Waals surface area contributed by atoms with Crippen LogP contribution in [-0.4, -0.2) is 59.9 Å². The molecule has 7 nitrogen and oxygen atoms in total. The fraction of sp³-hybridized carbons (Fsp3) is 0.381. The SMILES string of the molecule is CCN(CC)S(=O)(=O)c1ccc(N(C)C)c(NC(=O)c2cccc(N(C)C)c2)c1. The zero-order chi connectivity index (χ0) is 21.8. The molecule has 0 unspecified atom stereocenters. The standard InChI is InChI=1S/C21H30N4O3S/c1-7-25(8-2)29(27,28)18-12-13-20(24(5)6)19(15-18)22-21(26)16-10-9-11-17(14-16)23(3)4/h9-15H,7-8H2,1-6H3,(H,22,26). The van der Waals surface area contributed by atoms with Crippen LogP contribution >= 0.6 is 0 Å². The number of benzene rings is 2. The maximum absolute atomic E-state index is 12.9. The van der Waals surface area contributed by atoms with Gasteiger partial charge in [-0.2, -0.15) is 4.31 Å². The third-order valence-electron chi connectivity index (χ3n) is 4.67. The number of nitrogens with one attached hydrogen (secondary N) is 1.